The summed E-state index contributed by atoms with van der Waals surface area (Å²) in [6, 6.07) is 7.20. The summed E-state index contributed by atoms with van der Waals surface area (Å²) in [5.41, 5.74) is 0.255. The minimum absolute atomic E-state index is 0.0313. The molecule has 3 nitrogen and oxygen atoms in total. The standard InChI is InChI=1S/C20H13F6NO2/c21-19(22,23)12-4-1-11(2-5-12)3-6-16-14-8-18-17(28-10-29-18)7-13(14)15(9-27-16)20(24,25)26/h1-8,15H,9-10H2/b6-3+. The van der Waals surface area contributed by atoms with E-state index in [1.54, 1.807) is 0 Å². The van der Waals surface area contributed by atoms with Gasteiger partial charge in [-0.15, -0.1) is 0 Å². The van der Waals surface area contributed by atoms with Crippen molar-refractivity contribution in [2.45, 2.75) is 18.3 Å². The van der Waals surface area contributed by atoms with E-state index < -0.39 is 30.4 Å². The second-order valence-corrected chi connectivity index (χ2v) is 6.57. The average Bonchev–Trinajstić information content (AvgIpc) is 3.10. The van der Waals surface area contributed by atoms with E-state index in [9.17, 15) is 26.3 Å². The number of hydrogen-bond acceptors (Lipinski definition) is 3. The zero-order valence-corrected chi connectivity index (χ0v) is 14.6. The van der Waals surface area contributed by atoms with Gasteiger partial charge in [-0.3, -0.25) is 4.99 Å². The number of allylic oxidation sites excluding steroid dienone is 1. The van der Waals surface area contributed by atoms with Gasteiger partial charge in [0, 0.05) is 5.56 Å². The van der Waals surface area contributed by atoms with Gasteiger partial charge in [-0.2, -0.15) is 26.3 Å². The highest BCUT2D eigenvalue weighted by Crippen LogP contribution is 2.44. The maximum atomic E-state index is 13.4. The van der Waals surface area contributed by atoms with Crippen LogP contribution >= 0.6 is 0 Å². The maximum Gasteiger partial charge on any atom is 0.416 e. The van der Waals surface area contributed by atoms with Crippen molar-refractivity contribution in [3.05, 3.63) is 64.7 Å². The third kappa shape index (κ3) is 3.81. The lowest BCUT2D eigenvalue weighted by molar-refractivity contribution is -0.148. The van der Waals surface area contributed by atoms with Crippen LogP contribution < -0.4 is 9.47 Å². The van der Waals surface area contributed by atoms with Crippen LogP contribution in [0.5, 0.6) is 11.5 Å². The van der Waals surface area contributed by atoms with E-state index in [0.29, 0.717) is 17.0 Å². The van der Waals surface area contributed by atoms with E-state index in [1.807, 2.05) is 0 Å². The Morgan fingerprint density at radius 3 is 2.17 bits per heavy atom. The van der Waals surface area contributed by atoms with Crippen LogP contribution in [-0.2, 0) is 6.18 Å². The quantitative estimate of drug-likeness (QED) is 0.601. The lowest BCUT2D eigenvalue weighted by atomic mass is 9.88. The fourth-order valence-corrected chi connectivity index (χ4v) is 3.22. The second-order valence-electron chi connectivity index (χ2n) is 6.57. The van der Waals surface area contributed by atoms with Crippen molar-refractivity contribution in [3.8, 4) is 11.5 Å². The molecular weight excluding hydrogens is 400 g/mol. The van der Waals surface area contributed by atoms with Crippen LogP contribution in [-0.4, -0.2) is 25.2 Å². The normalized spacial score (nSPS) is 18.7. The molecule has 0 spiro atoms. The Morgan fingerprint density at radius 2 is 1.55 bits per heavy atom. The number of benzene rings is 2. The van der Waals surface area contributed by atoms with Crippen molar-refractivity contribution in [2.75, 3.05) is 13.3 Å². The number of halogens is 6. The van der Waals surface area contributed by atoms with E-state index in [1.165, 1.54) is 36.4 Å². The van der Waals surface area contributed by atoms with Crippen LogP contribution in [0.3, 0.4) is 0 Å². The Morgan fingerprint density at radius 1 is 0.897 bits per heavy atom. The largest absolute Gasteiger partial charge is 0.454 e. The van der Waals surface area contributed by atoms with E-state index in [-0.39, 0.29) is 23.7 Å². The topological polar surface area (TPSA) is 30.8 Å². The molecule has 2 aromatic rings. The second kappa shape index (κ2) is 6.82. The summed E-state index contributed by atoms with van der Waals surface area (Å²) in [4.78, 5) is 4.05. The average molecular weight is 413 g/mol. The summed E-state index contributed by atoms with van der Waals surface area (Å²) in [7, 11) is 0. The number of ether oxygens (including phenoxy) is 2. The van der Waals surface area contributed by atoms with Gasteiger partial charge in [-0.25, -0.2) is 0 Å². The number of rotatable bonds is 2. The summed E-state index contributed by atoms with van der Waals surface area (Å²) < 4.78 is 88.7. The van der Waals surface area contributed by atoms with E-state index in [2.05, 4.69) is 4.99 Å². The summed E-state index contributed by atoms with van der Waals surface area (Å²) in [6.45, 7) is -0.564. The summed E-state index contributed by atoms with van der Waals surface area (Å²) >= 11 is 0. The fourth-order valence-electron chi connectivity index (χ4n) is 3.22. The number of nitrogens with zero attached hydrogens (tertiary/aromatic N) is 1. The number of fused-ring (bicyclic) bond motifs is 2. The minimum Gasteiger partial charge on any atom is -0.454 e. The van der Waals surface area contributed by atoms with Gasteiger partial charge in [0.25, 0.3) is 0 Å². The third-order valence-corrected chi connectivity index (χ3v) is 4.71. The molecule has 29 heavy (non-hydrogen) atoms. The molecule has 1 atom stereocenters. The minimum atomic E-state index is -4.48. The molecule has 0 saturated heterocycles. The monoisotopic (exact) mass is 413 g/mol. The van der Waals surface area contributed by atoms with E-state index in [0.717, 1.165) is 12.1 Å². The van der Waals surface area contributed by atoms with E-state index in [4.69, 9.17) is 9.47 Å². The molecule has 0 amide bonds. The summed E-state index contributed by atoms with van der Waals surface area (Å²) in [5, 5.41) is 0. The van der Waals surface area contributed by atoms with Crippen molar-refractivity contribution in [3.63, 3.8) is 0 Å². The first-order valence-electron chi connectivity index (χ1n) is 8.53. The smallest absolute Gasteiger partial charge is 0.416 e. The zero-order valence-electron chi connectivity index (χ0n) is 14.6. The maximum absolute atomic E-state index is 13.4. The third-order valence-electron chi connectivity index (χ3n) is 4.71. The molecule has 2 heterocycles. The van der Waals surface area contributed by atoms with Gasteiger partial charge in [0.05, 0.1) is 17.8 Å². The van der Waals surface area contributed by atoms with Crippen LogP contribution in [0.25, 0.3) is 6.08 Å². The lowest BCUT2D eigenvalue weighted by Crippen LogP contribution is -2.28. The fraction of sp³-hybridized carbons (Fsp3) is 0.250. The predicted octanol–water partition coefficient (Wildman–Crippen LogP) is 5.60. The first kappa shape index (κ1) is 19.4. The number of hydrogen-bond donors (Lipinski definition) is 0. The molecular formula is C20H13F6NO2. The van der Waals surface area contributed by atoms with Crippen LogP contribution in [0.2, 0.25) is 0 Å². The Balaban J connectivity index is 1.67. The SMILES string of the molecule is FC(F)(F)c1ccc(/C=C/C2=NCC(C(F)(F)F)c3cc4c(cc32)OCO4)cc1. The predicted molar refractivity (Wildman–Crippen MR) is 93.2 cm³/mol. The zero-order chi connectivity index (χ0) is 20.8. The van der Waals surface area contributed by atoms with Crippen LogP contribution in [0.4, 0.5) is 26.3 Å². The summed E-state index contributed by atoms with van der Waals surface area (Å²) in [6.07, 6.45) is -5.93. The lowest BCUT2D eigenvalue weighted by Gasteiger charge is -2.26. The van der Waals surface area contributed by atoms with E-state index >= 15 is 0 Å². The Hall–Kier alpha value is -2.97. The molecule has 0 aromatic heterocycles. The molecule has 0 aliphatic carbocycles. The van der Waals surface area contributed by atoms with Crippen LogP contribution in [0, 0.1) is 0 Å². The van der Waals surface area contributed by atoms with Crippen molar-refractivity contribution < 1.29 is 35.8 Å². The highest BCUT2D eigenvalue weighted by atomic mass is 19.4. The van der Waals surface area contributed by atoms with Gasteiger partial charge in [0.1, 0.15) is 5.92 Å². The van der Waals surface area contributed by atoms with Gasteiger partial charge in [0.15, 0.2) is 11.5 Å². The summed E-state index contributed by atoms with van der Waals surface area (Å²) in [5.74, 6) is -1.21. The van der Waals surface area contributed by atoms with Gasteiger partial charge in [0.2, 0.25) is 6.79 Å². The van der Waals surface area contributed by atoms with Crippen molar-refractivity contribution in [2.24, 2.45) is 4.99 Å². The van der Waals surface area contributed by atoms with Gasteiger partial charge in [-0.05, 0) is 41.5 Å². The van der Waals surface area contributed by atoms with Gasteiger partial charge in [-0.1, -0.05) is 18.2 Å². The highest BCUT2D eigenvalue weighted by molar-refractivity contribution is 6.12. The van der Waals surface area contributed by atoms with Gasteiger partial charge >= 0.3 is 12.4 Å². The molecule has 0 bridgehead atoms. The number of aliphatic imine (C=N–C) groups is 1. The molecule has 2 aliphatic rings. The molecule has 0 N–H and O–H groups in total. The number of alkyl halides is 6. The van der Waals surface area contributed by atoms with Crippen molar-refractivity contribution in [1.82, 2.24) is 0 Å². The Kier molecular flexibility index (Phi) is 4.55. The highest BCUT2D eigenvalue weighted by Gasteiger charge is 2.44. The molecule has 0 saturated carbocycles. The first-order chi connectivity index (χ1) is 13.6. The van der Waals surface area contributed by atoms with Crippen LogP contribution in [0.1, 0.15) is 28.2 Å². The molecule has 1 unspecified atom stereocenters. The Labute approximate surface area is 161 Å². The molecule has 152 valence electrons. The van der Waals surface area contributed by atoms with Crippen LogP contribution in [0.15, 0.2) is 47.5 Å². The molecule has 2 aromatic carbocycles. The first-order valence-corrected chi connectivity index (χ1v) is 8.53. The molecule has 9 heteroatoms. The molecule has 4 rings (SSSR count). The van der Waals surface area contributed by atoms with Gasteiger partial charge < -0.3 is 9.47 Å². The van der Waals surface area contributed by atoms with Crippen molar-refractivity contribution >= 4 is 11.8 Å². The molecule has 2 aliphatic heterocycles. The van der Waals surface area contributed by atoms with Crippen molar-refractivity contribution in [1.29, 1.82) is 0 Å². The molecule has 0 fully saturated rings. The Bertz CT molecular complexity index is 990. The molecule has 0 radical (unpaired) electrons.